The van der Waals surface area contributed by atoms with Crippen molar-refractivity contribution in [2.45, 2.75) is 52.0 Å². The molecule has 17 heavy (non-hydrogen) atoms. The van der Waals surface area contributed by atoms with E-state index in [4.69, 9.17) is 5.73 Å². The molecule has 3 N–H and O–H groups in total. The summed E-state index contributed by atoms with van der Waals surface area (Å²) in [5, 5.41) is 2.31. The Morgan fingerprint density at radius 1 is 1.18 bits per heavy atom. The molecule has 0 aliphatic heterocycles. The van der Waals surface area contributed by atoms with Crippen LogP contribution in [0.5, 0.6) is 0 Å². The SMILES string of the molecule is CC(C)(C)CC(N)CCNCC(F)(F)C(F)F. The first-order valence-corrected chi connectivity index (χ1v) is 5.67. The van der Waals surface area contributed by atoms with Crippen molar-refractivity contribution in [3.05, 3.63) is 0 Å². The lowest BCUT2D eigenvalue weighted by Gasteiger charge is -2.23. The van der Waals surface area contributed by atoms with Gasteiger partial charge >= 0.3 is 12.3 Å². The highest BCUT2D eigenvalue weighted by Crippen LogP contribution is 2.22. The van der Waals surface area contributed by atoms with Gasteiger partial charge in [0.1, 0.15) is 0 Å². The number of hydrogen-bond donors (Lipinski definition) is 2. The molecule has 0 aromatic carbocycles. The van der Waals surface area contributed by atoms with Gasteiger partial charge in [0.2, 0.25) is 0 Å². The molecule has 0 saturated heterocycles. The first-order valence-electron chi connectivity index (χ1n) is 5.67. The molecule has 0 aliphatic rings. The Labute approximate surface area is 99.9 Å². The van der Waals surface area contributed by atoms with Gasteiger partial charge in [0.25, 0.3) is 0 Å². The predicted molar refractivity (Wildman–Crippen MR) is 60.5 cm³/mol. The molecule has 0 aromatic heterocycles. The van der Waals surface area contributed by atoms with Crippen molar-refractivity contribution in [2.24, 2.45) is 11.1 Å². The average Bonchev–Trinajstić information content (AvgIpc) is 2.09. The summed E-state index contributed by atoms with van der Waals surface area (Å²) in [4.78, 5) is 0. The average molecular weight is 258 g/mol. The second-order valence-electron chi connectivity index (χ2n) is 5.55. The lowest BCUT2D eigenvalue weighted by Crippen LogP contribution is -2.40. The summed E-state index contributed by atoms with van der Waals surface area (Å²) in [6.07, 6.45) is -2.37. The Morgan fingerprint density at radius 3 is 2.12 bits per heavy atom. The van der Waals surface area contributed by atoms with Crippen LogP contribution in [-0.2, 0) is 0 Å². The number of alkyl halides is 4. The number of halogens is 4. The van der Waals surface area contributed by atoms with E-state index in [1.165, 1.54) is 0 Å². The van der Waals surface area contributed by atoms with E-state index in [2.05, 4.69) is 5.32 Å². The highest BCUT2D eigenvalue weighted by atomic mass is 19.3. The van der Waals surface area contributed by atoms with E-state index in [1.807, 2.05) is 20.8 Å². The molecular weight excluding hydrogens is 236 g/mol. The Hall–Kier alpha value is -0.360. The summed E-state index contributed by atoms with van der Waals surface area (Å²) in [5.41, 5.74) is 5.87. The van der Waals surface area contributed by atoms with E-state index in [-0.39, 0.29) is 18.0 Å². The maximum atomic E-state index is 12.5. The van der Waals surface area contributed by atoms with Crippen LogP contribution in [0.15, 0.2) is 0 Å². The van der Waals surface area contributed by atoms with Gasteiger partial charge < -0.3 is 11.1 Å². The van der Waals surface area contributed by atoms with Gasteiger partial charge in [-0.15, -0.1) is 0 Å². The van der Waals surface area contributed by atoms with E-state index in [1.54, 1.807) is 0 Å². The van der Waals surface area contributed by atoms with Crippen molar-refractivity contribution in [3.63, 3.8) is 0 Å². The number of nitrogens with one attached hydrogen (secondary N) is 1. The van der Waals surface area contributed by atoms with Crippen LogP contribution in [0.4, 0.5) is 17.6 Å². The minimum absolute atomic E-state index is 0.0757. The van der Waals surface area contributed by atoms with E-state index < -0.39 is 18.9 Å². The van der Waals surface area contributed by atoms with Gasteiger partial charge in [-0.1, -0.05) is 20.8 Å². The highest BCUT2D eigenvalue weighted by Gasteiger charge is 2.39. The summed E-state index contributed by atoms with van der Waals surface area (Å²) in [6.45, 7) is 5.31. The van der Waals surface area contributed by atoms with Crippen LogP contribution >= 0.6 is 0 Å². The van der Waals surface area contributed by atoms with Gasteiger partial charge in [-0.25, -0.2) is 8.78 Å². The fourth-order valence-electron chi connectivity index (χ4n) is 1.51. The molecule has 6 heteroatoms. The maximum Gasteiger partial charge on any atom is 0.319 e. The third-order valence-corrected chi connectivity index (χ3v) is 2.25. The Bertz CT molecular complexity index is 214. The van der Waals surface area contributed by atoms with Crippen molar-refractivity contribution in [1.29, 1.82) is 0 Å². The molecule has 0 rings (SSSR count). The van der Waals surface area contributed by atoms with Gasteiger partial charge in [0, 0.05) is 6.04 Å². The van der Waals surface area contributed by atoms with Crippen LogP contribution < -0.4 is 11.1 Å². The van der Waals surface area contributed by atoms with Gasteiger partial charge in [-0.2, -0.15) is 8.78 Å². The zero-order valence-corrected chi connectivity index (χ0v) is 10.6. The molecule has 2 nitrogen and oxygen atoms in total. The monoisotopic (exact) mass is 258 g/mol. The van der Waals surface area contributed by atoms with Crippen molar-refractivity contribution < 1.29 is 17.6 Å². The standard InChI is InChI=1S/C11H22F4N2/c1-10(2,3)6-8(16)4-5-17-7-11(14,15)9(12)13/h8-9,17H,4-7,16H2,1-3H3. The predicted octanol–water partition coefficient (Wildman–Crippen LogP) is 2.63. The third kappa shape index (κ3) is 8.37. The third-order valence-electron chi connectivity index (χ3n) is 2.25. The minimum atomic E-state index is -3.96. The fraction of sp³-hybridized carbons (Fsp3) is 1.00. The summed E-state index contributed by atoms with van der Waals surface area (Å²) in [6, 6.07) is -0.109. The van der Waals surface area contributed by atoms with Crippen LogP contribution in [0, 0.1) is 5.41 Å². The number of rotatable bonds is 7. The molecule has 0 bridgehead atoms. The number of hydrogen-bond acceptors (Lipinski definition) is 2. The highest BCUT2D eigenvalue weighted by molar-refractivity contribution is 4.75. The Morgan fingerprint density at radius 2 is 1.71 bits per heavy atom. The zero-order valence-electron chi connectivity index (χ0n) is 10.6. The van der Waals surface area contributed by atoms with E-state index in [0.717, 1.165) is 6.42 Å². The summed E-state index contributed by atoms with van der Waals surface area (Å²) < 4.78 is 48.6. The van der Waals surface area contributed by atoms with Crippen molar-refractivity contribution >= 4 is 0 Å². The van der Waals surface area contributed by atoms with Crippen molar-refractivity contribution in [2.75, 3.05) is 13.1 Å². The Balaban J connectivity index is 3.72. The normalized spacial score (nSPS) is 15.4. The van der Waals surface area contributed by atoms with Gasteiger partial charge in [0.05, 0.1) is 6.54 Å². The molecular formula is C11H22F4N2. The van der Waals surface area contributed by atoms with Gasteiger partial charge in [-0.05, 0) is 24.8 Å². The van der Waals surface area contributed by atoms with E-state index >= 15 is 0 Å². The van der Waals surface area contributed by atoms with Crippen LogP contribution in [0.2, 0.25) is 0 Å². The minimum Gasteiger partial charge on any atom is -0.328 e. The first kappa shape index (κ1) is 16.6. The molecule has 0 radical (unpaired) electrons. The lowest BCUT2D eigenvalue weighted by atomic mass is 9.87. The van der Waals surface area contributed by atoms with Gasteiger partial charge in [0.15, 0.2) is 0 Å². The molecule has 0 fully saturated rings. The van der Waals surface area contributed by atoms with E-state index in [0.29, 0.717) is 6.42 Å². The van der Waals surface area contributed by atoms with Crippen molar-refractivity contribution in [1.82, 2.24) is 5.32 Å². The second kappa shape index (κ2) is 6.54. The molecule has 0 amide bonds. The van der Waals surface area contributed by atoms with Crippen LogP contribution in [0.3, 0.4) is 0 Å². The van der Waals surface area contributed by atoms with Crippen LogP contribution in [-0.4, -0.2) is 31.5 Å². The number of nitrogens with two attached hydrogens (primary N) is 1. The van der Waals surface area contributed by atoms with Crippen LogP contribution in [0.25, 0.3) is 0 Å². The first-order chi connectivity index (χ1) is 7.54. The summed E-state index contributed by atoms with van der Waals surface area (Å²) in [5.74, 6) is -3.96. The zero-order chi connectivity index (χ0) is 13.7. The lowest BCUT2D eigenvalue weighted by molar-refractivity contribution is -0.125. The molecule has 0 spiro atoms. The maximum absolute atomic E-state index is 12.5. The molecule has 104 valence electrons. The molecule has 0 aliphatic carbocycles. The summed E-state index contributed by atoms with van der Waals surface area (Å²) in [7, 11) is 0. The fourth-order valence-corrected chi connectivity index (χ4v) is 1.51. The topological polar surface area (TPSA) is 38.0 Å². The quantitative estimate of drug-likeness (QED) is 0.544. The van der Waals surface area contributed by atoms with Gasteiger partial charge in [-0.3, -0.25) is 0 Å². The smallest absolute Gasteiger partial charge is 0.319 e. The summed E-state index contributed by atoms with van der Waals surface area (Å²) >= 11 is 0. The molecule has 0 heterocycles. The van der Waals surface area contributed by atoms with Crippen LogP contribution in [0.1, 0.15) is 33.6 Å². The molecule has 1 unspecified atom stereocenters. The Kier molecular flexibility index (Phi) is 6.40. The molecule has 1 atom stereocenters. The molecule has 0 aromatic rings. The second-order valence-corrected chi connectivity index (χ2v) is 5.55. The van der Waals surface area contributed by atoms with Crippen molar-refractivity contribution in [3.8, 4) is 0 Å². The van der Waals surface area contributed by atoms with E-state index in [9.17, 15) is 17.6 Å². The largest absolute Gasteiger partial charge is 0.328 e. The molecule has 0 saturated carbocycles.